The number of pyridine rings is 1. The lowest BCUT2D eigenvalue weighted by molar-refractivity contribution is -0.0728. The zero-order valence-corrected chi connectivity index (χ0v) is 20.0. The van der Waals surface area contributed by atoms with E-state index in [-0.39, 0.29) is 23.0 Å². The molecule has 0 bridgehead atoms. The first kappa shape index (κ1) is 23.7. The standard InChI is InChI=1S/C24H32N4O4S/c1-18-15-27(16-19(2)32-18)17-20-9-13-28(14-10-20)24(29)21-3-5-23(6-4-21)33(30,31)26-22-7-11-25-12-8-22/h3-8,11-12,18-20H,9-10,13-17H2,1-2H3,(H,25,26). The molecule has 3 heterocycles. The molecule has 1 aromatic carbocycles. The van der Waals surface area contributed by atoms with Crippen molar-refractivity contribution in [3.8, 4) is 0 Å². The Hall–Kier alpha value is -2.49. The third-order valence-corrected chi connectivity index (χ3v) is 7.65. The van der Waals surface area contributed by atoms with E-state index in [9.17, 15) is 13.2 Å². The highest BCUT2D eigenvalue weighted by Crippen LogP contribution is 2.23. The van der Waals surface area contributed by atoms with Gasteiger partial charge in [-0.05, 0) is 69.0 Å². The molecule has 2 atom stereocenters. The van der Waals surface area contributed by atoms with Crippen LogP contribution in [0.5, 0.6) is 0 Å². The van der Waals surface area contributed by atoms with Crippen LogP contribution in [-0.2, 0) is 14.8 Å². The topological polar surface area (TPSA) is 91.8 Å². The summed E-state index contributed by atoms with van der Waals surface area (Å²) in [5.74, 6) is 0.534. The Balaban J connectivity index is 1.31. The van der Waals surface area contributed by atoms with Crippen LogP contribution in [0.1, 0.15) is 37.0 Å². The first-order chi connectivity index (χ1) is 15.8. The molecule has 1 aromatic heterocycles. The van der Waals surface area contributed by atoms with Gasteiger partial charge in [-0.3, -0.25) is 19.4 Å². The minimum absolute atomic E-state index is 0.0480. The minimum atomic E-state index is -3.73. The summed E-state index contributed by atoms with van der Waals surface area (Å²) in [6, 6.07) is 9.30. The molecule has 2 saturated heterocycles. The first-order valence-electron chi connectivity index (χ1n) is 11.5. The predicted molar refractivity (Wildman–Crippen MR) is 127 cm³/mol. The van der Waals surface area contributed by atoms with E-state index in [2.05, 4.69) is 28.5 Å². The summed E-state index contributed by atoms with van der Waals surface area (Å²) in [7, 11) is -3.73. The number of nitrogens with zero attached hydrogens (tertiary/aromatic N) is 3. The Morgan fingerprint density at radius 3 is 2.24 bits per heavy atom. The van der Waals surface area contributed by atoms with Crippen LogP contribution in [0.2, 0.25) is 0 Å². The molecular formula is C24H32N4O4S. The Kier molecular flexibility index (Phi) is 7.31. The van der Waals surface area contributed by atoms with Crippen LogP contribution >= 0.6 is 0 Å². The third-order valence-electron chi connectivity index (χ3n) is 6.26. The Morgan fingerprint density at radius 2 is 1.64 bits per heavy atom. The average molecular weight is 473 g/mol. The van der Waals surface area contributed by atoms with Gasteiger partial charge >= 0.3 is 0 Å². The number of aromatic nitrogens is 1. The van der Waals surface area contributed by atoms with Crippen molar-refractivity contribution in [1.29, 1.82) is 0 Å². The molecular weight excluding hydrogens is 440 g/mol. The highest BCUT2D eigenvalue weighted by Gasteiger charge is 2.28. The van der Waals surface area contributed by atoms with Gasteiger partial charge in [0.2, 0.25) is 0 Å². The highest BCUT2D eigenvalue weighted by atomic mass is 32.2. The van der Waals surface area contributed by atoms with Crippen molar-refractivity contribution in [3.05, 3.63) is 54.4 Å². The van der Waals surface area contributed by atoms with Gasteiger partial charge in [-0.25, -0.2) is 8.42 Å². The Labute approximate surface area is 196 Å². The zero-order valence-electron chi connectivity index (χ0n) is 19.2. The van der Waals surface area contributed by atoms with Crippen LogP contribution < -0.4 is 4.72 Å². The van der Waals surface area contributed by atoms with Gasteiger partial charge in [0.15, 0.2) is 0 Å². The fraction of sp³-hybridized carbons (Fsp3) is 0.500. The van der Waals surface area contributed by atoms with Crippen LogP contribution in [0.4, 0.5) is 5.69 Å². The maximum absolute atomic E-state index is 13.0. The monoisotopic (exact) mass is 472 g/mol. The van der Waals surface area contributed by atoms with Crippen LogP contribution in [0, 0.1) is 5.92 Å². The predicted octanol–water partition coefficient (Wildman–Crippen LogP) is 2.84. The molecule has 1 N–H and O–H groups in total. The van der Waals surface area contributed by atoms with E-state index in [1.807, 2.05) is 4.90 Å². The lowest BCUT2D eigenvalue weighted by atomic mass is 9.95. The maximum atomic E-state index is 13.0. The lowest BCUT2D eigenvalue weighted by Gasteiger charge is -2.39. The molecule has 4 rings (SSSR count). The van der Waals surface area contributed by atoms with E-state index >= 15 is 0 Å². The SMILES string of the molecule is CC1CN(CC2CCN(C(=O)c3ccc(S(=O)(=O)Nc4ccncc4)cc3)CC2)CC(C)O1. The summed E-state index contributed by atoms with van der Waals surface area (Å²) in [5, 5.41) is 0. The molecule has 0 aliphatic carbocycles. The van der Waals surface area contributed by atoms with Crippen LogP contribution in [0.25, 0.3) is 0 Å². The van der Waals surface area contributed by atoms with Crippen molar-refractivity contribution in [2.24, 2.45) is 5.92 Å². The maximum Gasteiger partial charge on any atom is 0.261 e. The number of ether oxygens (including phenoxy) is 1. The normalized spacial score (nSPS) is 22.8. The van der Waals surface area contributed by atoms with E-state index in [1.54, 1.807) is 24.3 Å². The number of sulfonamides is 1. The lowest BCUT2D eigenvalue weighted by Crippen LogP contribution is -2.48. The number of hydrogen-bond acceptors (Lipinski definition) is 6. The number of morpholine rings is 1. The van der Waals surface area contributed by atoms with Crippen molar-refractivity contribution >= 4 is 21.6 Å². The fourth-order valence-corrected chi connectivity index (χ4v) is 5.77. The van der Waals surface area contributed by atoms with E-state index in [0.717, 1.165) is 45.6 Å². The third kappa shape index (κ3) is 6.10. The summed E-state index contributed by atoms with van der Waals surface area (Å²) < 4.78 is 33.5. The van der Waals surface area contributed by atoms with Gasteiger partial charge < -0.3 is 9.64 Å². The summed E-state index contributed by atoms with van der Waals surface area (Å²) in [6.07, 6.45) is 5.53. The molecule has 2 aromatic rings. The number of hydrogen-bond donors (Lipinski definition) is 1. The number of nitrogens with one attached hydrogen (secondary N) is 1. The number of benzene rings is 1. The van der Waals surface area contributed by atoms with Crippen molar-refractivity contribution < 1.29 is 17.9 Å². The largest absolute Gasteiger partial charge is 0.373 e. The smallest absolute Gasteiger partial charge is 0.261 e. The van der Waals surface area contributed by atoms with Gasteiger partial charge in [0.1, 0.15) is 0 Å². The molecule has 2 unspecified atom stereocenters. The van der Waals surface area contributed by atoms with Crippen molar-refractivity contribution in [1.82, 2.24) is 14.8 Å². The minimum Gasteiger partial charge on any atom is -0.373 e. The van der Waals surface area contributed by atoms with Gasteiger partial charge in [0, 0.05) is 50.7 Å². The zero-order chi connectivity index (χ0) is 23.4. The summed E-state index contributed by atoms with van der Waals surface area (Å²) in [5.41, 5.74) is 0.946. The van der Waals surface area contributed by atoms with Gasteiger partial charge in [0.05, 0.1) is 22.8 Å². The van der Waals surface area contributed by atoms with Crippen LogP contribution in [-0.4, -0.2) is 74.0 Å². The number of likely N-dealkylation sites (tertiary alicyclic amines) is 1. The van der Waals surface area contributed by atoms with Crippen molar-refractivity contribution in [3.63, 3.8) is 0 Å². The molecule has 0 radical (unpaired) electrons. The van der Waals surface area contributed by atoms with E-state index in [4.69, 9.17) is 4.74 Å². The van der Waals surface area contributed by atoms with E-state index in [0.29, 0.717) is 17.2 Å². The summed E-state index contributed by atoms with van der Waals surface area (Å²) >= 11 is 0. The molecule has 0 spiro atoms. The van der Waals surface area contributed by atoms with Gasteiger partial charge in [-0.15, -0.1) is 0 Å². The van der Waals surface area contributed by atoms with Crippen molar-refractivity contribution in [2.75, 3.05) is 37.4 Å². The van der Waals surface area contributed by atoms with Gasteiger partial charge in [0.25, 0.3) is 15.9 Å². The average Bonchev–Trinajstić information content (AvgIpc) is 2.79. The molecule has 2 aliphatic rings. The molecule has 2 fully saturated rings. The fourth-order valence-electron chi connectivity index (χ4n) is 4.71. The molecule has 33 heavy (non-hydrogen) atoms. The number of piperidine rings is 1. The molecule has 9 heteroatoms. The molecule has 178 valence electrons. The quantitative estimate of drug-likeness (QED) is 0.695. The van der Waals surface area contributed by atoms with Gasteiger partial charge in [-0.1, -0.05) is 0 Å². The Morgan fingerprint density at radius 1 is 1.03 bits per heavy atom. The molecule has 2 aliphatic heterocycles. The number of rotatable bonds is 6. The van der Waals surface area contributed by atoms with Crippen LogP contribution in [0.15, 0.2) is 53.7 Å². The van der Waals surface area contributed by atoms with E-state index < -0.39 is 10.0 Å². The first-order valence-corrected chi connectivity index (χ1v) is 13.0. The Bertz CT molecular complexity index is 1030. The van der Waals surface area contributed by atoms with E-state index in [1.165, 1.54) is 24.5 Å². The second-order valence-electron chi connectivity index (χ2n) is 9.08. The van der Waals surface area contributed by atoms with Gasteiger partial charge in [-0.2, -0.15) is 0 Å². The number of anilines is 1. The van der Waals surface area contributed by atoms with Crippen LogP contribution in [0.3, 0.4) is 0 Å². The second-order valence-corrected chi connectivity index (χ2v) is 10.8. The number of amides is 1. The molecule has 8 nitrogen and oxygen atoms in total. The second kappa shape index (κ2) is 10.2. The number of carbonyl (C=O) groups excluding carboxylic acids is 1. The van der Waals surface area contributed by atoms with Crippen molar-refractivity contribution in [2.45, 2.75) is 43.8 Å². The highest BCUT2D eigenvalue weighted by molar-refractivity contribution is 7.92. The molecule has 0 saturated carbocycles. The molecule has 1 amide bonds. The summed E-state index contributed by atoms with van der Waals surface area (Å²) in [6.45, 7) is 8.68. The number of carbonyl (C=O) groups is 1. The summed E-state index contributed by atoms with van der Waals surface area (Å²) in [4.78, 5) is 21.3.